The van der Waals surface area contributed by atoms with Gasteiger partial charge in [-0.3, -0.25) is 4.79 Å². The molecule has 5 heteroatoms. The van der Waals surface area contributed by atoms with Gasteiger partial charge < -0.3 is 14.4 Å². The minimum Gasteiger partial charge on any atom is -0.497 e. The Morgan fingerprint density at radius 1 is 1.29 bits per heavy atom. The number of benzene rings is 2. The molecule has 0 aliphatic heterocycles. The number of aliphatic carboxylic acids is 1. The van der Waals surface area contributed by atoms with E-state index in [1.54, 1.807) is 7.11 Å². The van der Waals surface area contributed by atoms with Gasteiger partial charge in [0.15, 0.2) is 0 Å². The highest BCUT2D eigenvalue weighted by Gasteiger charge is 2.30. The molecule has 1 atom stereocenters. The Morgan fingerprint density at radius 2 is 2.04 bits per heavy atom. The minimum atomic E-state index is -0.740. The summed E-state index contributed by atoms with van der Waals surface area (Å²) < 4.78 is 7.84. The molecule has 0 spiro atoms. The number of hydrogen-bond donors (Lipinski definition) is 1. The van der Waals surface area contributed by atoms with Gasteiger partial charge in [0.25, 0.3) is 0 Å². The fraction of sp³-hybridized carbons (Fsp3) is 0.348. The minimum absolute atomic E-state index is 0.0337. The molecule has 2 aromatic carbocycles. The Balaban J connectivity index is 1.94. The zero-order chi connectivity index (χ0) is 19.8. The maximum atomic E-state index is 11.5. The number of methoxy groups -OCH3 is 1. The molecule has 4 nitrogen and oxygen atoms in total. The van der Waals surface area contributed by atoms with Gasteiger partial charge in [-0.15, -0.1) is 0 Å². The van der Waals surface area contributed by atoms with Gasteiger partial charge >= 0.3 is 5.97 Å². The summed E-state index contributed by atoms with van der Waals surface area (Å²) in [6, 6.07) is 12.0. The number of rotatable bonds is 5. The summed E-state index contributed by atoms with van der Waals surface area (Å²) in [7, 11) is 1.69. The molecular formula is C23H24ClNO3. The van der Waals surface area contributed by atoms with Crippen molar-refractivity contribution in [2.75, 3.05) is 7.11 Å². The van der Waals surface area contributed by atoms with Crippen LogP contribution in [0.4, 0.5) is 0 Å². The van der Waals surface area contributed by atoms with E-state index in [0.29, 0.717) is 11.6 Å². The fourth-order valence-electron chi connectivity index (χ4n) is 4.61. The van der Waals surface area contributed by atoms with Gasteiger partial charge in [-0.05, 0) is 67.1 Å². The second-order valence-corrected chi connectivity index (χ2v) is 8.04. The van der Waals surface area contributed by atoms with E-state index in [1.807, 2.05) is 24.3 Å². The molecule has 28 heavy (non-hydrogen) atoms. The third kappa shape index (κ3) is 3.37. The molecule has 1 N–H and O–H groups in total. The number of fused-ring (bicyclic) bond motifs is 3. The largest absolute Gasteiger partial charge is 0.497 e. The van der Waals surface area contributed by atoms with Gasteiger partial charge in [0.2, 0.25) is 0 Å². The molecule has 1 unspecified atom stereocenters. The standard InChI is InChI=1S/C23H24ClNO3/c1-14-10-18(28-2)12-20-19-5-3-4-16(11-21(26)27)23(19)25(22(14)20)13-15-6-8-17(24)9-7-15/h6-10,12,16H,3-5,11,13H2,1-2H3,(H,26,27). The summed E-state index contributed by atoms with van der Waals surface area (Å²) >= 11 is 6.06. The Bertz CT molecular complexity index is 1040. The average Bonchev–Trinajstić information content (AvgIpc) is 2.98. The topological polar surface area (TPSA) is 51.5 Å². The van der Waals surface area contributed by atoms with Gasteiger partial charge in [-0.1, -0.05) is 23.7 Å². The number of nitrogens with zero attached hydrogens (tertiary/aromatic N) is 1. The monoisotopic (exact) mass is 397 g/mol. The Hall–Kier alpha value is -2.46. The van der Waals surface area contributed by atoms with Crippen LogP contribution in [0.3, 0.4) is 0 Å². The van der Waals surface area contributed by atoms with Crippen molar-refractivity contribution in [1.82, 2.24) is 4.57 Å². The van der Waals surface area contributed by atoms with E-state index >= 15 is 0 Å². The SMILES string of the molecule is COc1cc(C)c2c(c1)c1c(n2Cc2ccc(Cl)cc2)C(CC(=O)O)CCC1. The summed E-state index contributed by atoms with van der Waals surface area (Å²) in [6.45, 7) is 2.80. The lowest BCUT2D eigenvalue weighted by Gasteiger charge is -2.25. The van der Waals surface area contributed by atoms with E-state index in [2.05, 4.69) is 23.6 Å². The van der Waals surface area contributed by atoms with Crippen molar-refractivity contribution in [1.29, 1.82) is 0 Å². The van der Waals surface area contributed by atoms with Crippen molar-refractivity contribution >= 4 is 28.5 Å². The number of carboxylic acids is 1. The van der Waals surface area contributed by atoms with Crippen molar-refractivity contribution < 1.29 is 14.6 Å². The molecule has 0 saturated heterocycles. The number of aryl methyl sites for hydroxylation is 2. The van der Waals surface area contributed by atoms with E-state index < -0.39 is 5.97 Å². The summed E-state index contributed by atoms with van der Waals surface area (Å²) in [4.78, 5) is 11.5. The Labute approximate surface area is 169 Å². The van der Waals surface area contributed by atoms with E-state index in [0.717, 1.165) is 36.1 Å². The molecule has 0 amide bonds. The highest BCUT2D eigenvalue weighted by atomic mass is 35.5. The molecule has 0 bridgehead atoms. The molecule has 0 fully saturated rings. The number of carboxylic acid groups (broad SMARTS) is 1. The van der Waals surface area contributed by atoms with E-state index in [9.17, 15) is 9.90 Å². The summed E-state index contributed by atoms with van der Waals surface area (Å²) in [5, 5.41) is 11.4. The van der Waals surface area contributed by atoms with Crippen molar-refractivity contribution in [3.63, 3.8) is 0 Å². The lowest BCUT2D eigenvalue weighted by Crippen LogP contribution is -2.17. The Kier molecular flexibility index (Phi) is 5.07. The molecule has 0 saturated carbocycles. The second-order valence-electron chi connectivity index (χ2n) is 7.60. The summed E-state index contributed by atoms with van der Waals surface area (Å²) in [6.07, 6.45) is 3.07. The number of ether oxygens (including phenoxy) is 1. The van der Waals surface area contributed by atoms with Gasteiger partial charge in [0, 0.05) is 28.6 Å². The first kappa shape index (κ1) is 18.9. The van der Waals surface area contributed by atoms with Crippen LogP contribution >= 0.6 is 11.6 Å². The van der Waals surface area contributed by atoms with E-state index in [4.69, 9.17) is 16.3 Å². The van der Waals surface area contributed by atoms with Crippen LogP contribution in [-0.4, -0.2) is 22.8 Å². The molecule has 1 heterocycles. The summed E-state index contributed by atoms with van der Waals surface area (Å²) in [5.74, 6) is 0.138. The zero-order valence-electron chi connectivity index (χ0n) is 16.2. The lowest BCUT2D eigenvalue weighted by molar-refractivity contribution is -0.137. The van der Waals surface area contributed by atoms with Crippen molar-refractivity contribution in [3.8, 4) is 5.75 Å². The van der Waals surface area contributed by atoms with Crippen LogP contribution in [0.25, 0.3) is 10.9 Å². The Morgan fingerprint density at radius 3 is 2.71 bits per heavy atom. The lowest BCUT2D eigenvalue weighted by atomic mass is 9.84. The van der Waals surface area contributed by atoms with Crippen LogP contribution in [-0.2, 0) is 17.8 Å². The number of aromatic nitrogens is 1. The van der Waals surface area contributed by atoms with E-state index in [1.165, 1.54) is 22.2 Å². The molecule has 146 valence electrons. The van der Waals surface area contributed by atoms with Crippen LogP contribution in [0.15, 0.2) is 36.4 Å². The van der Waals surface area contributed by atoms with Crippen molar-refractivity contribution in [2.24, 2.45) is 0 Å². The average molecular weight is 398 g/mol. The second kappa shape index (κ2) is 7.51. The van der Waals surface area contributed by atoms with Gasteiger partial charge in [-0.2, -0.15) is 0 Å². The number of halogens is 1. The third-order valence-electron chi connectivity index (χ3n) is 5.75. The molecule has 0 radical (unpaired) electrons. The van der Waals surface area contributed by atoms with Crippen LogP contribution in [0.1, 0.15) is 47.6 Å². The highest BCUT2D eigenvalue weighted by Crippen LogP contribution is 2.42. The van der Waals surface area contributed by atoms with Gasteiger partial charge in [-0.25, -0.2) is 0 Å². The first-order valence-electron chi connectivity index (χ1n) is 9.63. The highest BCUT2D eigenvalue weighted by molar-refractivity contribution is 6.30. The van der Waals surface area contributed by atoms with Crippen molar-refractivity contribution in [2.45, 2.75) is 45.1 Å². The number of hydrogen-bond acceptors (Lipinski definition) is 2. The molecular weight excluding hydrogens is 374 g/mol. The van der Waals surface area contributed by atoms with Crippen LogP contribution in [0.2, 0.25) is 5.02 Å². The van der Waals surface area contributed by atoms with Gasteiger partial charge in [0.05, 0.1) is 19.0 Å². The maximum Gasteiger partial charge on any atom is 0.304 e. The summed E-state index contributed by atoms with van der Waals surface area (Å²) in [5.41, 5.74) is 5.93. The zero-order valence-corrected chi connectivity index (χ0v) is 16.9. The quantitative estimate of drug-likeness (QED) is 0.613. The molecule has 1 aliphatic carbocycles. The van der Waals surface area contributed by atoms with Crippen LogP contribution in [0.5, 0.6) is 5.75 Å². The maximum absolute atomic E-state index is 11.5. The number of carbonyl (C=O) groups is 1. The molecule has 3 aromatic rings. The molecule has 1 aliphatic rings. The first-order chi connectivity index (χ1) is 13.5. The predicted molar refractivity (Wildman–Crippen MR) is 112 cm³/mol. The van der Waals surface area contributed by atoms with Crippen LogP contribution < -0.4 is 4.74 Å². The van der Waals surface area contributed by atoms with Crippen LogP contribution in [0, 0.1) is 6.92 Å². The molecule has 1 aromatic heterocycles. The predicted octanol–water partition coefficient (Wildman–Crippen LogP) is 5.55. The van der Waals surface area contributed by atoms with E-state index in [-0.39, 0.29) is 12.3 Å². The smallest absolute Gasteiger partial charge is 0.304 e. The van der Waals surface area contributed by atoms with Gasteiger partial charge in [0.1, 0.15) is 5.75 Å². The molecule has 4 rings (SSSR count). The normalized spacial score (nSPS) is 16.2. The van der Waals surface area contributed by atoms with Crippen molar-refractivity contribution in [3.05, 3.63) is 63.8 Å². The fourth-order valence-corrected chi connectivity index (χ4v) is 4.74. The first-order valence-corrected chi connectivity index (χ1v) is 10.0. The third-order valence-corrected chi connectivity index (χ3v) is 6.00.